The van der Waals surface area contributed by atoms with Crippen molar-refractivity contribution in [3.8, 4) is 5.75 Å². The highest BCUT2D eigenvalue weighted by Gasteiger charge is 2.21. The highest BCUT2D eigenvalue weighted by molar-refractivity contribution is 5.53. The minimum absolute atomic E-state index is 0.391. The Labute approximate surface area is 126 Å². The van der Waals surface area contributed by atoms with Gasteiger partial charge in [0.05, 0.1) is 7.11 Å². The summed E-state index contributed by atoms with van der Waals surface area (Å²) in [5, 5.41) is 3.61. The third-order valence-electron chi connectivity index (χ3n) is 4.12. The second kappa shape index (κ2) is 6.19. The molecule has 0 saturated carbocycles. The summed E-state index contributed by atoms with van der Waals surface area (Å²) in [7, 11) is 1.72. The van der Waals surface area contributed by atoms with Crippen LogP contribution in [0.15, 0.2) is 48.5 Å². The predicted octanol–water partition coefficient (Wildman–Crippen LogP) is 3.15. The molecule has 0 radical (unpaired) electrons. The summed E-state index contributed by atoms with van der Waals surface area (Å²) in [6.07, 6.45) is 0. The van der Waals surface area contributed by atoms with Crippen LogP contribution in [0.25, 0.3) is 0 Å². The van der Waals surface area contributed by atoms with Gasteiger partial charge < -0.3 is 15.0 Å². The highest BCUT2D eigenvalue weighted by atomic mass is 16.5. The van der Waals surface area contributed by atoms with Crippen molar-refractivity contribution in [3.63, 3.8) is 0 Å². The maximum Gasteiger partial charge on any atom is 0.121 e. The fraction of sp³-hybridized carbons (Fsp3) is 0.333. The topological polar surface area (TPSA) is 24.5 Å². The van der Waals surface area contributed by atoms with Gasteiger partial charge in [0.25, 0.3) is 0 Å². The first-order chi connectivity index (χ1) is 10.3. The van der Waals surface area contributed by atoms with Crippen LogP contribution in [-0.4, -0.2) is 26.7 Å². The monoisotopic (exact) mass is 282 g/mol. The molecule has 2 aromatic rings. The first kappa shape index (κ1) is 14.0. The Morgan fingerprint density at radius 2 is 1.95 bits per heavy atom. The number of nitrogens with one attached hydrogen (secondary N) is 1. The van der Waals surface area contributed by atoms with E-state index in [1.165, 1.54) is 16.8 Å². The first-order valence-electron chi connectivity index (χ1n) is 7.46. The van der Waals surface area contributed by atoms with Crippen LogP contribution in [0.1, 0.15) is 17.2 Å². The maximum atomic E-state index is 5.35. The summed E-state index contributed by atoms with van der Waals surface area (Å²) in [5.74, 6) is 0.952. The van der Waals surface area contributed by atoms with Crippen molar-refractivity contribution >= 4 is 5.69 Å². The summed E-state index contributed by atoms with van der Waals surface area (Å²) in [6, 6.07) is 17.5. The summed E-state index contributed by atoms with van der Waals surface area (Å²) in [5.41, 5.74) is 3.81. The third kappa shape index (κ3) is 3.03. The number of methoxy groups -OCH3 is 1. The van der Waals surface area contributed by atoms with Crippen molar-refractivity contribution in [2.75, 3.05) is 31.6 Å². The molecule has 1 aliphatic heterocycles. The number of piperazine rings is 1. The molecule has 1 N–H and O–H groups in total. The fourth-order valence-corrected chi connectivity index (χ4v) is 2.95. The maximum absolute atomic E-state index is 5.35. The molecule has 3 rings (SSSR count). The largest absolute Gasteiger partial charge is 0.496 e. The van der Waals surface area contributed by atoms with Gasteiger partial charge in [-0.1, -0.05) is 30.3 Å². The van der Waals surface area contributed by atoms with E-state index in [-0.39, 0.29) is 0 Å². The van der Waals surface area contributed by atoms with Crippen LogP contribution in [0.5, 0.6) is 5.75 Å². The average molecular weight is 282 g/mol. The summed E-state index contributed by atoms with van der Waals surface area (Å²) >= 11 is 0. The van der Waals surface area contributed by atoms with Gasteiger partial charge >= 0.3 is 0 Å². The molecule has 0 bridgehead atoms. The molecular weight excluding hydrogens is 260 g/mol. The number of benzene rings is 2. The molecule has 0 aliphatic carbocycles. The molecule has 1 fully saturated rings. The molecule has 3 heteroatoms. The minimum atomic E-state index is 0.391. The number of nitrogens with zero attached hydrogens (tertiary/aromatic N) is 1. The lowest BCUT2D eigenvalue weighted by Crippen LogP contribution is -2.45. The Morgan fingerprint density at radius 3 is 2.67 bits per heavy atom. The predicted molar refractivity (Wildman–Crippen MR) is 87.1 cm³/mol. The Morgan fingerprint density at radius 1 is 1.14 bits per heavy atom. The second-order valence-corrected chi connectivity index (χ2v) is 5.52. The van der Waals surface area contributed by atoms with E-state index >= 15 is 0 Å². The van der Waals surface area contributed by atoms with E-state index in [2.05, 4.69) is 65.7 Å². The number of hydrogen-bond acceptors (Lipinski definition) is 3. The highest BCUT2D eigenvalue weighted by Crippen LogP contribution is 2.27. The normalized spacial score (nSPS) is 18.6. The van der Waals surface area contributed by atoms with Gasteiger partial charge in [0, 0.05) is 31.4 Å². The molecular formula is C18H22N2O. The SMILES string of the molecule is COc1ccc(N2CCNC(c3ccccc3)C2)cc1C. The molecule has 21 heavy (non-hydrogen) atoms. The number of rotatable bonds is 3. The number of ether oxygens (including phenoxy) is 1. The first-order valence-corrected chi connectivity index (χ1v) is 7.46. The van der Waals surface area contributed by atoms with Crippen LogP contribution in [0.4, 0.5) is 5.69 Å². The Bertz CT molecular complexity index is 597. The molecule has 3 nitrogen and oxygen atoms in total. The van der Waals surface area contributed by atoms with Crippen LogP contribution in [0.3, 0.4) is 0 Å². The molecule has 1 heterocycles. The average Bonchev–Trinajstić information content (AvgIpc) is 2.56. The van der Waals surface area contributed by atoms with Gasteiger partial charge in [-0.05, 0) is 36.2 Å². The van der Waals surface area contributed by atoms with E-state index < -0.39 is 0 Å². The summed E-state index contributed by atoms with van der Waals surface area (Å²) in [6.45, 7) is 5.13. The summed E-state index contributed by atoms with van der Waals surface area (Å²) < 4.78 is 5.35. The number of anilines is 1. The van der Waals surface area contributed by atoms with Crippen molar-refractivity contribution in [1.82, 2.24) is 5.32 Å². The smallest absolute Gasteiger partial charge is 0.121 e. The molecule has 0 amide bonds. The van der Waals surface area contributed by atoms with Crippen LogP contribution < -0.4 is 15.0 Å². The zero-order valence-electron chi connectivity index (χ0n) is 12.7. The van der Waals surface area contributed by atoms with E-state index in [1.54, 1.807) is 7.11 Å². The second-order valence-electron chi connectivity index (χ2n) is 5.52. The van der Waals surface area contributed by atoms with Gasteiger partial charge in [-0.25, -0.2) is 0 Å². The van der Waals surface area contributed by atoms with Crippen molar-refractivity contribution < 1.29 is 4.74 Å². The van der Waals surface area contributed by atoms with Gasteiger partial charge in [-0.3, -0.25) is 0 Å². The van der Waals surface area contributed by atoms with Crippen molar-refractivity contribution in [2.45, 2.75) is 13.0 Å². The minimum Gasteiger partial charge on any atom is -0.496 e. The van der Waals surface area contributed by atoms with Gasteiger partial charge in [-0.2, -0.15) is 0 Å². The van der Waals surface area contributed by atoms with Gasteiger partial charge in [-0.15, -0.1) is 0 Å². The van der Waals surface area contributed by atoms with Crippen LogP contribution in [0, 0.1) is 6.92 Å². The Kier molecular flexibility index (Phi) is 4.11. The van der Waals surface area contributed by atoms with E-state index in [0.717, 1.165) is 25.4 Å². The lowest BCUT2D eigenvalue weighted by molar-refractivity contribution is 0.411. The van der Waals surface area contributed by atoms with Gasteiger partial charge in [0.15, 0.2) is 0 Å². The Balaban J connectivity index is 1.78. The molecule has 2 aromatic carbocycles. The third-order valence-corrected chi connectivity index (χ3v) is 4.12. The van der Waals surface area contributed by atoms with Crippen molar-refractivity contribution in [1.29, 1.82) is 0 Å². The van der Waals surface area contributed by atoms with Crippen molar-refractivity contribution in [2.24, 2.45) is 0 Å². The lowest BCUT2D eigenvalue weighted by Gasteiger charge is -2.35. The van der Waals surface area contributed by atoms with E-state index in [9.17, 15) is 0 Å². The Hall–Kier alpha value is -2.00. The van der Waals surface area contributed by atoms with E-state index in [0.29, 0.717) is 6.04 Å². The zero-order chi connectivity index (χ0) is 14.7. The molecule has 110 valence electrons. The molecule has 1 aliphatic rings. The zero-order valence-corrected chi connectivity index (χ0v) is 12.7. The van der Waals surface area contributed by atoms with Crippen LogP contribution in [0.2, 0.25) is 0 Å². The number of aryl methyl sites for hydroxylation is 1. The summed E-state index contributed by atoms with van der Waals surface area (Å²) in [4.78, 5) is 2.45. The molecule has 1 unspecified atom stereocenters. The van der Waals surface area contributed by atoms with Gasteiger partial charge in [0.1, 0.15) is 5.75 Å². The molecule has 1 saturated heterocycles. The molecule has 1 atom stereocenters. The standard InChI is InChI=1S/C18H22N2O/c1-14-12-16(8-9-18(14)21-2)20-11-10-19-17(13-20)15-6-4-3-5-7-15/h3-9,12,17,19H,10-11,13H2,1-2H3. The van der Waals surface area contributed by atoms with Crippen molar-refractivity contribution in [3.05, 3.63) is 59.7 Å². The van der Waals surface area contributed by atoms with E-state index in [4.69, 9.17) is 4.74 Å². The lowest BCUT2D eigenvalue weighted by atomic mass is 10.0. The van der Waals surface area contributed by atoms with Gasteiger partial charge in [0.2, 0.25) is 0 Å². The van der Waals surface area contributed by atoms with E-state index in [1.807, 2.05) is 0 Å². The van der Waals surface area contributed by atoms with Crippen LogP contribution >= 0.6 is 0 Å². The fourth-order valence-electron chi connectivity index (χ4n) is 2.95. The quantitative estimate of drug-likeness (QED) is 0.936. The molecule has 0 aromatic heterocycles. The molecule has 0 spiro atoms. The number of hydrogen-bond donors (Lipinski definition) is 1. The van der Waals surface area contributed by atoms with Crippen LogP contribution in [-0.2, 0) is 0 Å².